The van der Waals surface area contributed by atoms with Crippen LogP contribution in [0.4, 0.5) is 0 Å². The van der Waals surface area contributed by atoms with Gasteiger partial charge in [0.1, 0.15) is 23.3 Å². The highest BCUT2D eigenvalue weighted by molar-refractivity contribution is 5.53. The van der Waals surface area contributed by atoms with Crippen molar-refractivity contribution in [1.82, 2.24) is 9.97 Å². The summed E-state index contributed by atoms with van der Waals surface area (Å²) in [6, 6.07) is 7.36. The molecule has 1 aliphatic rings. The molecule has 0 spiro atoms. The van der Waals surface area contributed by atoms with Gasteiger partial charge in [0.15, 0.2) is 5.76 Å². The molecule has 3 rings (SSSR count). The Hall–Kier alpha value is -2.15. The summed E-state index contributed by atoms with van der Waals surface area (Å²) in [5, 5.41) is 8.92. The SMILES string of the molecule is N#Cc1cc(-c2ccco2)nc(C2CC2)n1. The van der Waals surface area contributed by atoms with Gasteiger partial charge in [-0.25, -0.2) is 9.97 Å². The van der Waals surface area contributed by atoms with E-state index >= 15 is 0 Å². The van der Waals surface area contributed by atoms with Gasteiger partial charge in [0.2, 0.25) is 0 Å². The summed E-state index contributed by atoms with van der Waals surface area (Å²) < 4.78 is 5.27. The smallest absolute Gasteiger partial charge is 0.152 e. The molecule has 16 heavy (non-hydrogen) atoms. The molecule has 0 radical (unpaired) electrons. The molecule has 0 aromatic carbocycles. The minimum absolute atomic E-state index is 0.406. The van der Waals surface area contributed by atoms with Crippen LogP contribution in [0.15, 0.2) is 28.9 Å². The van der Waals surface area contributed by atoms with Crippen molar-refractivity contribution < 1.29 is 4.42 Å². The van der Waals surface area contributed by atoms with Gasteiger partial charge in [-0.3, -0.25) is 0 Å². The molecule has 2 aromatic heterocycles. The second-order valence-corrected chi connectivity index (χ2v) is 3.86. The van der Waals surface area contributed by atoms with Crippen LogP contribution in [0.3, 0.4) is 0 Å². The van der Waals surface area contributed by atoms with E-state index in [9.17, 15) is 0 Å². The van der Waals surface area contributed by atoms with E-state index in [1.54, 1.807) is 18.4 Å². The quantitative estimate of drug-likeness (QED) is 0.765. The van der Waals surface area contributed by atoms with E-state index in [-0.39, 0.29) is 0 Å². The van der Waals surface area contributed by atoms with Crippen molar-refractivity contribution >= 4 is 0 Å². The lowest BCUT2D eigenvalue weighted by Gasteiger charge is -2.01. The fourth-order valence-corrected chi connectivity index (χ4v) is 1.60. The molecule has 0 bridgehead atoms. The maximum Gasteiger partial charge on any atom is 0.152 e. The summed E-state index contributed by atoms with van der Waals surface area (Å²) in [7, 11) is 0. The Morgan fingerprint density at radius 1 is 1.38 bits per heavy atom. The fourth-order valence-electron chi connectivity index (χ4n) is 1.60. The molecule has 0 N–H and O–H groups in total. The van der Waals surface area contributed by atoms with Gasteiger partial charge >= 0.3 is 0 Å². The molecule has 0 saturated heterocycles. The summed E-state index contributed by atoms with van der Waals surface area (Å²) in [6.45, 7) is 0. The molecule has 0 aliphatic heterocycles. The van der Waals surface area contributed by atoms with Crippen molar-refractivity contribution in [2.75, 3.05) is 0 Å². The van der Waals surface area contributed by atoms with Gasteiger partial charge in [0.05, 0.1) is 6.26 Å². The number of aromatic nitrogens is 2. The number of hydrogen-bond donors (Lipinski definition) is 0. The number of hydrogen-bond acceptors (Lipinski definition) is 4. The van der Waals surface area contributed by atoms with Crippen molar-refractivity contribution in [1.29, 1.82) is 5.26 Å². The summed E-state index contributed by atoms with van der Waals surface area (Å²) >= 11 is 0. The molecule has 0 amide bonds. The van der Waals surface area contributed by atoms with E-state index in [1.807, 2.05) is 6.07 Å². The number of nitrogens with zero attached hydrogens (tertiary/aromatic N) is 3. The first-order valence-corrected chi connectivity index (χ1v) is 5.20. The Balaban J connectivity index is 2.11. The number of rotatable bonds is 2. The molecule has 2 heterocycles. The van der Waals surface area contributed by atoms with Gasteiger partial charge in [-0.15, -0.1) is 0 Å². The maximum absolute atomic E-state index is 8.92. The Bertz CT molecular complexity index is 550. The third-order valence-corrected chi connectivity index (χ3v) is 2.57. The lowest BCUT2D eigenvalue weighted by atomic mass is 10.2. The van der Waals surface area contributed by atoms with Gasteiger partial charge in [-0.2, -0.15) is 5.26 Å². The Morgan fingerprint density at radius 3 is 2.88 bits per heavy atom. The molecule has 1 aliphatic carbocycles. The van der Waals surface area contributed by atoms with E-state index in [1.165, 1.54) is 0 Å². The number of nitriles is 1. The number of furan rings is 1. The van der Waals surface area contributed by atoms with Crippen LogP contribution in [0.25, 0.3) is 11.5 Å². The van der Waals surface area contributed by atoms with Crippen molar-refractivity contribution in [3.8, 4) is 17.5 Å². The first-order chi connectivity index (χ1) is 7.86. The van der Waals surface area contributed by atoms with E-state index in [0.717, 1.165) is 18.7 Å². The molecule has 0 atom stereocenters. The lowest BCUT2D eigenvalue weighted by molar-refractivity contribution is 0.579. The predicted octanol–water partition coefficient (Wildman–Crippen LogP) is 2.49. The second kappa shape index (κ2) is 3.46. The highest BCUT2D eigenvalue weighted by atomic mass is 16.3. The van der Waals surface area contributed by atoms with E-state index in [4.69, 9.17) is 9.68 Å². The van der Waals surface area contributed by atoms with Crippen molar-refractivity contribution in [2.24, 2.45) is 0 Å². The summed E-state index contributed by atoms with van der Waals surface area (Å²) in [5.74, 6) is 1.88. The van der Waals surface area contributed by atoms with Gasteiger partial charge in [0, 0.05) is 12.0 Å². The van der Waals surface area contributed by atoms with Crippen LogP contribution < -0.4 is 0 Å². The molecule has 4 nitrogen and oxygen atoms in total. The maximum atomic E-state index is 8.92. The van der Waals surface area contributed by atoms with Crippen molar-refractivity contribution in [3.05, 3.63) is 36.0 Å². The zero-order valence-electron chi connectivity index (χ0n) is 8.55. The van der Waals surface area contributed by atoms with E-state index < -0.39 is 0 Å². The molecular formula is C12H9N3O. The van der Waals surface area contributed by atoms with Crippen LogP contribution in [-0.4, -0.2) is 9.97 Å². The fraction of sp³-hybridized carbons (Fsp3) is 0.250. The minimum atomic E-state index is 0.406. The van der Waals surface area contributed by atoms with Crippen LogP contribution in [-0.2, 0) is 0 Å². The monoisotopic (exact) mass is 211 g/mol. The predicted molar refractivity (Wildman–Crippen MR) is 56.4 cm³/mol. The molecule has 4 heteroatoms. The third-order valence-electron chi connectivity index (χ3n) is 2.57. The summed E-state index contributed by atoms with van der Waals surface area (Å²) in [4.78, 5) is 8.64. The third kappa shape index (κ3) is 1.57. The van der Waals surface area contributed by atoms with E-state index in [2.05, 4.69) is 16.0 Å². The van der Waals surface area contributed by atoms with Gasteiger partial charge in [-0.1, -0.05) is 0 Å². The highest BCUT2D eigenvalue weighted by Gasteiger charge is 2.27. The Kier molecular flexibility index (Phi) is 1.97. The van der Waals surface area contributed by atoms with Crippen LogP contribution in [0.1, 0.15) is 30.3 Å². The summed E-state index contributed by atoms with van der Waals surface area (Å²) in [6.07, 6.45) is 3.83. The van der Waals surface area contributed by atoms with Crippen LogP contribution in [0, 0.1) is 11.3 Å². The van der Waals surface area contributed by atoms with Crippen molar-refractivity contribution in [2.45, 2.75) is 18.8 Å². The van der Waals surface area contributed by atoms with Crippen LogP contribution >= 0.6 is 0 Å². The molecule has 2 aromatic rings. The first kappa shape index (κ1) is 9.10. The van der Waals surface area contributed by atoms with Crippen LogP contribution in [0.5, 0.6) is 0 Å². The first-order valence-electron chi connectivity index (χ1n) is 5.20. The Labute approximate surface area is 92.6 Å². The molecular weight excluding hydrogens is 202 g/mol. The van der Waals surface area contributed by atoms with Gasteiger partial charge in [0.25, 0.3) is 0 Å². The standard InChI is InChI=1S/C12H9N3O/c13-7-9-6-10(11-2-1-5-16-11)15-12(14-9)8-3-4-8/h1-2,5-6,8H,3-4H2. The average molecular weight is 211 g/mol. The van der Waals surface area contributed by atoms with Crippen LogP contribution in [0.2, 0.25) is 0 Å². The zero-order chi connectivity index (χ0) is 11.0. The zero-order valence-corrected chi connectivity index (χ0v) is 8.55. The molecule has 1 fully saturated rings. The van der Waals surface area contributed by atoms with Crippen molar-refractivity contribution in [3.63, 3.8) is 0 Å². The molecule has 78 valence electrons. The minimum Gasteiger partial charge on any atom is -0.463 e. The highest BCUT2D eigenvalue weighted by Crippen LogP contribution is 2.38. The average Bonchev–Trinajstić information content (AvgIpc) is 3.04. The molecule has 1 saturated carbocycles. The molecule has 0 unspecified atom stereocenters. The Morgan fingerprint density at radius 2 is 2.25 bits per heavy atom. The largest absolute Gasteiger partial charge is 0.463 e. The van der Waals surface area contributed by atoms with Gasteiger partial charge in [-0.05, 0) is 25.0 Å². The second-order valence-electron chi connectivity index (χ2n) is 3.86. The summed E-state index contributed by atoms with van der Waals surface area (Å²) in [5.41, 5.74) is 1.10. The lowest BCUT2D eigenvalue weighted by Crippen LogP contribution is -1.97. The normalized spacial score (nSPS) is 14.7. The topological polar surface area (TPSA) is 62.7 Å². The van der Waals surface area contributed by atoms with E-state index in [0.29, 0.717) is 23.1 Å². The van der Waals surface area contributed by atoms with Gasteiger partial charge < -0.3 is 4.42 Å².